The van der Waals surface area contributed by atoms with Crippen molar-refractivity contribution < 1.29 is 4.79 Å². The van der Waals surface area contributed by atoms with E-state index < -0.39 is 0 Å². The molecule has 1 saturated heterocycles. The van der Waals surface area contributed by atoms with E-state index in [1.165, 1.54) is 12.8 Å². The molecule has 2 heterocycles. The van der Waals surface area contributed by atoms with Crippen molar-refractivity contribution in [3.63, 3.8) is 0 Å². The van der Waals surface area contributed by atoms with Crippen LogP contribution in [0.3, 0.4) is 0 Å². The van der Waals surface area contributed by atoms with E-state index >= 15 is 0 Å². The van der Waals surface area contributed by atoms with Crippen LogP contribution < -0.4 is 5.32 Å². The maximum Gasteiger partial charge on any atom is 0.255 e. The standard InChI is InChI=1S/C15H24N4O/c1-4-14-13(9-11(2)17-18-14)15(20)19(3)10-12-7-5-6-8-16-12/h9,12,16H,4-8,10H2,1-3H3. The molecular weight excluding hydrogens is 252 g/mol. The number of piperidine rings is 1. The van der Waals surface area contributed by atoms with Crippen LogP contribution in [-0.2, 0) is 6.42 Å². The third-order valence-electron chi connectivity index (χ3n) is 3.81. The molecule has 0 bridgehead atoms. The summed E-state index contributed by atoms with van der Waals surface area (Å²) in [5, 5.41) is 11.6. The van der Waals surface area contributed by atoms with Gasteiger partial charge in [-0.1, -0.05) is 13.3 Å². The third kappa shape index (κ3) is 3.54. The normalized spacial score (nSPS) is 18.9. The van der Waals surface area contributed by atoms with Gasteiger partial charge in [0.1, 0.15) is 0 Å². The molecule has 110 valence electrons. The number of carbonyl (C=O) groups excluding carboxylic acids is 1. The molecule has 0 aromatic carbocycles. The molecule has 2 rings (SSSR count). The molecule has 1 aliphatic rings. The van der Waals surface area contributed by atoms with Crippen molar-refractivity contribution in [3.8, 4) is 0 Å². The summed E-state index contributed by atoms with van der Waals surface area (Å²) in [4.78, 5) is 14.4. The van der Waals surface area contributed by atoms with Gasteiger partial charge in [-0.2, -0.15) is 10.2 Å². The first-order chi connectivity index (χ1) is 9.61. The number of nitrogens with zero attached hydrogens (tertiary/aromatic N) is 3. The fourth-order valence-electron chi connectivity index (χ4n) is 2.66. The van der Waals surface area contributed by atoms with Crippen molar-refractivity contribution in [1.29, 1.82) is 0 Å². The zero-order valence-electron chi connectivity index (χ0n) is 12.6. The van der Waals surface area contributed by atoms with Gasteiger partial charge in [-0.15, -0.1) is 0 Å². The monoisotopic (exact) mass is 276 g/mol. The van der Waals surface area contributed by atoms with Crippen LogP contribution in [0.5, 0.6) is 0 Å². The van der Waals surface area contributed by atoms with E-state index in [4.69, 9.17) is 0 Å². The predicted octanol–water partition coefficient (Wildman–Crippen LogP) is 1.56. The van der Waals surface area contributed by atoms with Crippen LogP contribution in [0, 0.1) is 6.92 Å². The minimum absolute atomic E-state index is 0.0484. The topological polar surface area (TPSA) is 58.1 Å². The van der Waals surface area contributed by atoms with E-state index in [-0.39, 0.29) is 5.91 Å². The van der Waals surface area contributed by atoms with Gasteiger partial charge in [0.05, 0.1) is 17.0 Å². The van der Waals surface area contributed by atoms with Gasteiger partial charge in [-0.25, -0.2) is 0 Å². The molecule has 1 aromatic heterocycles. The Morgan fingerprint density at radius 2 is 2.25 bits per heavy atom. The summed E-state index contributed by atoms with van der Waals surface area (Å²) in [6.07, 6.45) is 4.35. The molecule has 1 aromatic rings. The van der Waals surface area contributed by atoms with Crippen LogP contribution in [0.1, 0.15) is 47.9 Å². The van der Waals surface area contributed by atoms with E-state index in [0.717, 1.165) is 37.3 Å². The molecule has 0 aliphatic carbocycles. The molecule has 0 saturated carbocycles. The molecule has 1 fully saturated rings. The van der Waals surface area contributed by atoms with Gasteiger partial charge in [0.25, 0.3) is 5.91 Å². The molecule has 1 aliphatic heterocycles. The molecular formula is C15H24N4O. The average molecular weight is 276 g/mol. The number of hydrogen-bond acceptors (Lipinski definition) is 4. The van der Waals surface area contributed by atoms with Crippen molar-refractivity contribution in [2.24, 2.45) is 0 Å². The fraction of sp³-hybridized carbons (Fsp3) is 0.667. The average Bonchev–Trinajstić information content (AvgIpc) is 2.47. The Morgan fingerprint density at radius 3 is 2.90 bits per heavy atom. The number of aromatic nitrogens is 2. The number of amides is 1. The number of likely N-dealkylation sites (N-methyl/N-ethyl adjacent to an activating group) is 1. The number of hydrogen-bond donors (Lipinski definition) is 1. The second-order valence-corrected chi connectivity index (χ2v) is 5.53. The smallest absolute Gasteiger partial charge is 0.255 e. The highest BCUT2D eigenvalue weighted by atomic mass is 16.2. The fourth-order valence-corrected chi connectivity index (χ4v) is 2.66. The Bertz CT molecular complexity index is 469. The zero-order valence-corrected chi connectivity index (χ0v) is 12.6. The van der Waals surface area contributed by atoms with Crippen LogP contribution in [0.15, 0.2) is 6.07 Å². The third-order valence-corrected chi connectivity index (χ3v) is 3.81. The molecule has 5 heteroatoms. The number of aryl methyl sites for hydroxylation is 2. The van der Waals surface area contributed by atoms with Crippen molar-refractivity contribution in [3.05, 3.63) is 23.0 Å². The molecule has 5 nitrogen and oxygen atoms in total. The lowest BCUT2D eigenvalue weighted by molar-refractivity contribution is 0.0773. The summed E-state index contributed by atoms with van der Waals surface area (Å²) in [5.41, 5.74) is 2.26. The first-order valence-electron chi connectivity index (χ1n) is 7.44. The highest BCUT2D eigenvalue weighted by Crippen LogP contribution is 2.13. The van der Waals surface area contributed by atoms with Crippen LogP contribution in [0.2, 0.25) is 0 Å². The van der Waals surface area contributed by atoms with Gasteiger partial charge in [0.2, 0.25) is 0 Å². The van der Waals surface area contributed by atoms with E-state index in [1.54, 1.807) is 4.90 Å². The van der Waals surface area contributed by atoms with Crippen LogP contribution >= 0.6 is 0 Å². The van der Waals surface area contributed by atoms with Gasteiger partial charge >= 0.3 is 0 Å². The molecule has 1 atom stereocenters. The summed E-state index contributed by atoms with van der Waals surface area (Å²) in [6.45, 7) is 5.68. The van der Waals surface area contributed by atoms with E-state index in [9.17, 15) is 4.79 Å². The molecule has 20 heavy (non-hydrogen) atoms. The van der Waals surface area contributed by atoms with Gasteiger partial charge in [0, 0.05) is 19.6 Å². The maximum absolute atomic E-state index is 12.6. The number of carbonyl (C=O) groups is 1. The Morgan fingerprint density at radius 1 is 1.45 bits per heavy atom. The summed E-state index contributed by atoms with van der Waals surface area (Å²) in [5.74, 6) is 0.0484. The Kier molecular flexibility index (Phi) is 5.06. The summed E-state index contributed by atoms with van der Waals surface area (Å²) >= 11 is 0. The number of nitrogens with one attached hydrogen (secondary N) is 1. The predicted molar refractivity (Wildman–Crippen MR) is 78.7 cm³/mol. The lowest BCUT2D eigenvalue weighted by Crippen LogP contribution is -2.44. The highest BCUT2D eigenvalue weighted by molar-refractivity contribution is 5.95. The first kappa shape index (κ1) is 14.9. The van der Waals surface area contributed by atoms with E-state index in [1.807, 2.05) is 27.0 Å². The molecule has 1 amide bonds. The molecule has 0 spiro atoms. The largest absolute Gasteiger partial charge is 0.340 e. The number of rotatable bonds is 4. The summed E-state index contributed by atoms with van der Waals surface area (Å²) in [6, 6.07) is 2.26. The van der Waals surface area contributed by atoms with Crippen LogP contribution in [-0.4, -0.2) is 47.2 Å². The zero-order chi connectivity index (χ0) is 14.5. The highest BCUT2D eigenvalue weighted by Gasteiger charge is 2.21. The van der Waals surface area contributed by atoms with Crippen LogP contribution in [0.25, 0.3) is 0 Å². The second kappa shape index (κ2) is 6.79. The minimum Gasteiger partial charge on any atom is -0.340 e. The Balaban J connectivity index is 2.07. The Hall–Kier alpha value is -1.49. The molecule has 1 N–H and O–H groups in total. The van der Waals surface area contributed by atoms with Crippen molar-refractivity contribution in [2.45, 2.75) is 45.6 Å². The lowest BCUT2D eigenvalue weighted by atomic mass is 10.0. The van der Waals surface area contributed by atoms with Crippen molar-refractivity contribution in [2.75, 3.05) is 20.1 Å². The van der Waals surface area contributed by atoms with E-state index in [2.05, 4.69) is 15.5 Å². The second-order valence-electron chi connectivity index (χ2n) is 5.53. The molecule has 0 radical (unpaired) electrons. The Labute approximate surface area is 120 Å². The SMILES string of the molecule is CCc1nnc(C)cc1C(=O)N(C)CC1CCCCN1. The van der Waals surface area contributed by atoms with Gasteiger partial charge in [-0.05, 0) is 38.8 Å². The minimum atomic E-state index is 0.0484. The van der Waals surface area contributed by atoms with Gasteiger partial charge < -0.3 is 10.2 Å². The maximum atomic E-state index is 12.6. The summed E-state index contributed by atoms with van der Waals surface area (Å²) < 4.78 is 0. The van der Waals surface area contributed by atoms with Crippen molar-refractivity contribution >= 4 is 5.91 Å². The van der Waals surface area contributed by atoms with Crippen molar-refractivity contribution in [1.82, 2.24) is 20.4 Å². The van der Waals surface area contributed by atoms with Gasteiger partial charge in [0.15, 0.2) is 0 Å². The van der Waals surface area contributed by atoms with E-state index in [0.29, 0.717) is 11.6 Å². The first-order valence-corrected chi connectivity index (χ1v) is 7.44. The molecule has 1 unspecified atom stereocenters. The lowest BCUT2D eigenvalue weighted by Gasteiger charge is -2.28. The van der Waals surface area contributed by atoms with Gasteiger partial charge in [-0.3, -0.25) is 4.79 Å². The summed E-state index contributed by atoms with van der Waals surface area (Å²) in [7, 11) is 1.87. The quantitative estimate of drug-likeness (QED) is 0.906. The van der Waals surface area contributed by atoms with Crippen LogP contribution in [0.4, 0.5) is 0 Å².